The Morgan fingerprint density at radius 3 is 2.84 bits per heavy atom. The minimum absolute atomic E-state index is 0.0571. The summed E-state index contributed by atoms with van der Waals surface area (Å²) in [4.78, 5) is 16.2. The number of aromatic nitrogens is 3. The van der Waals surface area contributed by atoms with Gasteiger partial charge in [0.05, 0.1) is 17.3 Å². The molecule has 0 N–H and O–H groups in total. The highest BCUT2D eigenvalue weighted by molar-refractivity contribution is 9.10. The zero-order chi connectivity index (χ0) is 13.4. The van der Waals surface area contributed by atoms with E-state index < -0.39 is 0 Å². The van der Waals surface area contributed by atoms with Crippen molar-refractivity contribution in [3.63, 3.8) is 0 Å². The van der Waals surface area contributed by atoms with Crippen molar-refractivity contribution in [1.29, 1.82) is 0 Å². The molecule has 0 aromatic carbocycles. The average Bonchev–Trinajstić information content (AvgIpc) is 2.75. The molecule has 0 saturated carbocycles. The molecule has 96 valence electrons. The van der Waals surface area contributed by atoms with Crippen molar-refractivity contribution in [3.8, 4) is 0 Å². The summed E-state index contributed by atoms with van der Waals surface area (Å²) in [7, 11) is 0. The highest BCUT2D eigenvalue weighted by Gasteiger charge is 2.04. The predicted molar refractivity (Wildman–Crippen MR) is 77.7 cm³/mol. The van der Waals surface area contributed by atoms with Gasteiger partial charge < -0.3 is 8.97 Å². The Morgan fingerprint density at radius 1 is 1.16 bits per heavy atom. The van der Waals surface area contributed by atoms with Gasteiger partial charge in [0.25, 0.3) is 5.56 Å². The van der Waals surface area contributed by atoms with Crippen LogP contribution < -0.4 is 5.56 Å². The lowest BCUT2D eigenvalue weighted by Gasteiger charge is -2.02. The molecule has 3 rings (SSSR count). The molecular formula is C13H9BrClN3O. The molecule has 0 saturated heterocycles. The van der Waals surface area contributed by atoms with E-state index >= 15 is 0 Å². The van der Waals surface area contributed by atoms with E-state index in [9.17, 15) is 4.79 Å². The smallest absolute Gasteiger partial charge is 0.250 e. The molecule has 0 aliphatic heterocycles. The summed E-state index contributed by atoms with van der Waals surface area (Å²) in [5.41, 5.74) is 1.56. The first kappa shape index (κ1) is 12.4. The maximum atomic E-state index is 11.7. The predicted octanol–water partition coefficient (Wildman–Crippen LogP) is 2.96. The molecule has 0 atom stereocenters. The van der Waals surface area contributed by atoms with Gasteiger partial charge in [-0.2, -0.15) is 0 Å². The second-order valence-electron chi connectivity index (χ2n) is 4.16. The van der Waals surface area contributed by atoms with E-state index in [1.165, 1.54) is 6.07 Å². The SMILES string of the molecule is O=c1ccc(Br)cn1Cc1cn2cc(Cl)ccc2n1. The molecule has 0 fully saturated rings. The van der Waals surface area contributed by atoms with Crippen molar-refractivity contribution < 1.29 is 0 Å². The van der Waals surface area contributed by atoms with Gasteiger partial charge in [-0.1, -0.05) is 11.6 Å². The summed E-state index contributed by atoms with van der Waals surface area (Å²) in [5.74, 6) is 0. The van der Waals surface area contributed by atoms with Crippen LogP contribution in [-0.2, 0) is 6.54 Å². The molecule has 0 unspecified atom stereocenters. The van der Waals surface area contributed by atoms with Crippen LogP contribution in [0.15, 0.2) is 52.1 Å². The fraction of sp³-hybridized carbons (Fsp3) is 0.0769. The number of nitrogens with zero attached hydrogens (tertiary/aromatic N) is 3. The maximum absolute atomic E-state index is 11.7. The molecule has 0 amide bonds. The molecule has 0 aliphatic rings. The molecule has 0 spiro atoms. The molecule has 0 radical (unpaired) electrons. The molecule has 3 aromatic rings. The van der Waals surface area contributed by atoms with Crippen LogP contribution in [0.25, 0.3) is 5.65 Å². The van der Waals surface area contributed by atoms with Crippen molar-refractivity contribution in [1.82, 2.24) is 14.0 Å². The number of hydrogen-bond acceptors (Lipinski definition) is 2. The Bertz CT molecular complexity index is 809. The Labute approximate surface area is 122 Å². The average molecular weight is 339 g/mol. The van der Waals surface area contributed by atoms with E-state index in [4.69, 9.17) is 11.6 Å². The van der Waals surface area contributed by atoms with Gasteiger partial charge >= 0.3 is 0 Å². The Hall–Kier alpha value is -1.59. The number of halogens is 2. The van der Waals surface area contributed by atoms with E-state index in [0.717, 1.165) is 15.8 Å². The van der Waals surface area contributed by atoms with Crippen molar-refractivity contribution in [2.24, 2.45) is 0 Å². The number of fused-ring (bicyclic) bond motifs is 1. The lowest BCUT2D eigenvalue weighted by Crippen LogP contribution is -2.18. The first-order valence-corrected chi connectivity index (χ1v) is 6.78. The summed E-state index contributed by atoms with van der Waals surface area (Å²) in [5, 5.41) is 0.649. The van der Waals surface area contributed by atoms with Gasteiger partial charge in [-0.3, -0.25) is 4.79 Å². The van der Waals surface area contributed by atoms with E-state index in [0.29, 0.717) is 11.6 Å². The normalized spacial score (nSPS) is 11.1. The van der Waals surface area contributed by atoms with Gasteiger partial charge in [-0.25, -0.2) is 4.98 Å². The summed E-state index contributed by atoms with van der Waals surface area (Å²) >= 11 is 9.28. The van der Waals surface area contributed by atoms with Crippen LogP contribution in [0.4, 0.5) is 0 Å². The third-order valence-corrected chi connectivity index (χ3v) is 3.44. The van der Waals surface area contributed by atoms with Crippen molar-refractivity contribution >= 4 is 33.2 Å². The summed E-state index contributed by atoms with van der Waals surface area (Å²) in [6.07, 6.45) is 5.41. The second kappa shape index (κ2) is 4.83. The van der Waals surface area contributed by atoms with E-state index in [1.54, 1.807) is 29.1 Å². The quantitative estimate of drug-likeness (QED) is 0.720. The zero-order valence-electron chi connectivity index (χ0n) is 9.75. The number of rotatable bonds is 2. The fourth-order valence-corrected chi connectivity index (χ4v) is 2.44. The highest BCUT2D eigenvalue weighted by atomic mass is 79.9. The first-order chi connectivity index (χ1) is 9.11. The van der Waals surface area contributed by atoms with Crippen LogP contribution in [0.2, 0.25) is 5.02 Å². The van der Waals surface area contributed by atoms with Crippen molar-refractivity contribution in [2.75, 3.05) is 0 Å². The lowest BCUT2D eigenvalue weighted by atomic mass is 10.4. The zero-order valence-corrected chi connectivity index (χ0v) is 12.1. The van der Waals surface area contributed by atoms with E-state index in [2.05, 4.69) is 20.9 Å². The lowest BCUT2D eigenvalue weighted by molar-refractivity contribution is 0.741. The minimum atomic E-state index is -0.0571. The summed E-state index contributed by atoms with van der Waals surface area (Å²) in [6.45, 7) is 0.428. The van der Waals surface area contributed by atoms with Gasteiger partial charge in [0.2, 0.25) is 0 Å². The molecule has 6 heteroatoms. The number of pyridine rings is 2. The first-order valence-electron chi connectivity index (χ1n) is 5.61. The Balaban J connectivity index is 2.01. The van der Waals surface area contributed by atoms with E-state index in [1.807, 2.05) is 16.7 Å². The van der Waals surface area contributed by atoms with Crippen LogP contribution in [0.3, 0.4) is 0 Å². The van der Waals surface area contributed by atoms with Gasteiger partial charge in [0.1, 0.15) is 5.65 Å². The largest absolute Gasteiger partial charge is 0.308 e. The second-order valence-corrected chi connectivity index (χ2v) is 5.51. The molecule has 3 heterocycles. The van der Waals surface area contributed by atoms with Crippen LogP contribution in [0, 0.1) is 0 Å². The molecule has 4 nitrogen and oxygen atoms in total. The van der Waals surface area contributed by atoms with Gasteiger partial charge in [-0.05, 0) is 34.1 Å². The molecular weight excluding hydrogens is 330 g/mol. The van der Waals surface area contributed by atoms with Crippen molar-refractivity contribution in [3.05, 3.63) is 68.4 Å². The summed E-state index contributed by atoms with van der Waals surface area (Å²) < 4.78 is 4.31. The molecule has 19 heavy (non-hydrogen) atoms. The Kier molecular flexibility index (Phi) is 3.16. The van der Waals surface area contributed by atoms with Crippen LogP contribution in [0.5, 0.6) is 0 Å². The minimum Gasteiger partial charge on any atom is -0.308 e. The van der Waals surface area contributed by atoms with Gasteiger partial charge in [0, 0.05) is 29.1 Å². The van der Waals surface area contributed by atoms with Gasteiger partial charge in [-0.15, -0.1) is 0 Å². The summed E-state index contributed by atoms with van der Waals surface area (Å²) in [6, 6.07) is 6.88. The van der Waals surface area contributed by atoms with Gasteiger partial charge in [0.15, 0.2) is 0 Å². The monoisotopic (exact) mass is 337 g/mol. The third-order valence-electron chi connectivity index (χ3n) is 2.74. The van der Waals surface area contributed by atoms with E-state index in [-0.39, 0.29) is 5.56 Å². The maximum Gasteiger partial charge on any atom is 0.250 e. The highest BCUT2D eigenvalue weighted by Crippen LogP contribution is 2.12. The standard InChI is InChI=1S/C13H9BrClN3O/c14-9-1-4-13(19)18(5-9)8-11-7-17-6-10(15)2-3-12(17)16-11/h1-7H,8H2. The third kappa shape index (κ3) is 2.57. The van der Waals surface area contributed by atoms with Crippen LogP contribution in [-0.4, -0.2) is 14.0 Å². The van der Waals surface area contributed by atoms with Crippen molar-refractivity contribution in [2.45, 2.75) is 6.54 Å². The number of imidazole rings is 1. The number of hydrogen-bond donors (Lipinski definition) is 0. The Morgan fingerprint density at radius 2 is 2.00 bits per heavy atom. The van der Waals surface area contributed by atoms with Crippen LogP contribution >= 0.6 is 27.5 Å². The fourth-order valence-electron chi connectivity index (χ4n) is 1.89. The molecule has 0 bridgehead atoms. The van der Waals surface area contributed by atoms with Crippen LogP contribution in [0.1, 0.15) is 5.69 Å². The molecule has 3 aromatic heterocycles. The topological polar surface area (TPSA) is 39.3 Å². The molecule has 0 aliphatic carbocycles.